The number of carbonyl (C=O) groups excluding carboxylic acids is 2. The van der Waals surface area contributed by atoms with Gasteiger partial charge in [0.2, 0.25) is 5.91 Å². The van der Waals surface area contributed by atoms with Crippen molar-refractivity contribution in [2.24, 2.45) is 5.92 Å². The second-order valence-corrected chi connectivity index (χ2v) is 6.29. The molecule has 0 aromatic carbocycles. The summed E-state index contributed by atoms with van der Waals surface area (Å²) in [5, 5.41) is 1.89. The molecule has 0 bridgehead atoms. The van der Waals surface area contributed by atoms with Crippen LogP contribution in [0.15, 0.2) is 11.4 Å². The Morgan fingerprint density at radius 2 is 2.32 bits per heavy atom. The minimum absolute atomic E-state index is 0.164. The van der Waals surface area contributed by atoms with Gasteiger partial charge in [-0.15, -0.1) is 11.3 Å². The fourth-order valence-electron chi connectivity index (χ4n) is 2.50. The van der Waals surface area contributed by atoms with E-state index >= 15 is 0 Å². The highest BCUT2D eigenvalue weighted by Crippen LogP contribution is 2.32. The molecule has 3 rings (SSSR count). The summed E-state index contributed by atoms with van der Waals surface area (Å²) >= 11 is 1.40. The van der Waals surface area contributed by atoms with E-state index in [0.717, 1.165) is 24.9 Å². The van der Waals surface area contributed by atoms with Crippen LogP contribution in [-0.4, -0.2) is 36.0 Å². The molecule has 2 fully saturated rings. The summed E-state index contributed by atoms with van der Waals surface area (Å²) in [5.41, 5.74) is 0.956. The van der Waals surface area contributed by atoms with Crippen LogP contribution in [0.5, 0.6) is 0 Å². The van der Waals surface area contributed by atoms with E-state index in [-0.39, 0.29) is 17.8 Å². The molecule has 1 saturated carbocycles. The average Bonchev–Trinajstić information content (AvgIpc) is 3.03. The molecular weight excluding hydrogens is 262 g/mol. The Morgan fingerprint density at radius 3 is 2.95 bits per heavy atom. The van der Waals surface area contributed by atoms with Crippen molar-refractivity contribution in [1.29, 1.82) is 0 Å². The number of carbonyl (C=O) groups is 2. The summed E-state index contributed by atoms with van der Waals surface area (Å²) in [6, 6.07) is 2.38. The number of likely N-dealkylation sites (tertiary alicyclic amines) is 1. The first-order valence-corrected chi connectivity index (χ1v) is 7.54. The highest BCUT2D eigenvalue weighted by atomic mass is 32.1. The summed E-state index contributed by atoms with van der Waals surface area (Å²) in [7, 11) is 0. The normalized spacial score (nSPS) is 22.9. The van der Waals surface area contributed by atoms with Gasteiger partial charge in [0.05, 0.1) is 6.61 Å². The fourth-order valence-corrected chi connectivity index (χ4v) is 3.32. The Balaban J connectivity index is 1.52. The molecule has 1 saturated heterocycles. The number of aryl methyl sites for hydroxylation is 1. The quantitative estimate of drug-likeness (QED) is 0.794. The summed E-state index contributed by atoms with van der Waals surface area (Å²) in [5.74, 6) is 0.123. The maximum absolute atomic E-state index is 11.9. The van der Waals surface area contributed by atoms with Gasteiger partial charge in [-0.3, -0.25) is 4.79 Å². The SMILES string of the molecule is Cc1ccsc1C(=O)OCC1CC(=O)N(C2CC2)C1. The number of amides is 1. The van der Waals surface area contributed by atoms with Crippen LogP contribution < -0.4 is 0 Å². The first kappa shape index (κ1) is 12.7. The van der Waals surface area contributed by atoms with Crippen molar-refractivity contribution in [2.45, 2.75) is 32.2 Å². The highest BCUT2D eigenvalue weighted by molar-refractivity contribution is 7.12. The summed E-state index contributed by atoms with van der Waals surface area (Å²) in [4.78, 5) is 26.3. The van der Waals surface area contributed by atoms with Gasteiger partial charge in [0, 0.05) is 24.9 Å². The molecule has 0 spiro atoms. The lowest BCUT2D eigenvalue weighted by Crippen LogP contribution is -2.27. The first-order valence-electron chi connectivity index (χ1n) is 6.66. The van der Waals surface area contributed by atoms with Crippen molar-refractivity contribution in [1.82, 2.24) is 4.90 Å². The van der Waals surface area contributed by atoms with E-state index < -0.39 is 0 Å². The number of rotatable bonds is 4. The number of esters is 1. The Kier molecular flexibility index (Phi) is 3.31. The molecule has 0 radical (unpaired) electrons. The van der Waals surface area contributed by atoms with Gasteiger partial charge in [-0.2, -0.15) is 0 Å². The van der Waals surface area contributed by atoms with Gasteiger partial charge in [0.25, 0.3) is 0 Å². The molecule has 1 atom stereocenters. The highest BCUT2D eigenvalue weighted by Gasteiger charge is 2.39. The number of ether oxygens (including phenoxy) is 1. The smallest absolute Gasteiger partial charge is 0.348 e. The summed E-state index contributed by atoms with van der Waals surface area (Å²) < 4.78 is 5.34. The molecule has 4 nitrogen and oxygen atoms in total. The Morgan fingerprint density at radius 1 is 1.53 bits per heavy atom. The number of thiophene rings is 1. The number of hydrogen-bond acceptors (Lipinski definition) is 4. The van der Waals surface area contributed by atoms with E-state index in [2.05, 4.69) is 0 Å². The van der Waals surface area contributed by atoms with Crippen LogP contribution in [0.25, 0.3) is 0 Å². The van der Waals surface area contributed by atoms with Gasteiger partial charge in [-0.1, -0.05) is 0 Å². The Labute approximate surface area is 116 Å². The van der Waals surface area contributed by atoms with Gasteiger partial charge in [0.1, 0.15) is 4.88 Å². The van der Waals surface area contributed by atoms with E-state index in [1.165, 1.54) is 11.3 Å². The predicted molar refractivity (Wildman–Crippen MR) is 72.2 cm³/mol. The van der Waals surface area contributed by atoms with Crippen LogP contribution in [0.3, 0.4) is 0 Å². The lowest BCUT2D eigenvalue weighted by molar-refractivity contribution is -0.128. The second-order valence-electron chi connectivity index (χ2n) is 5.38. The van der Waals surface area contributed by atoms with Crippen LogP contribution in [0.2, 0.25) is 0 Å². The topological polar surface area (TPSA) is 46.6 Å². The zero-order valence-electron chi connectivity index (χ0n) is 10.9. The molecule has 1 unspecified atom stereocenters. The van der Waals surface area contributed by atoms with Crippen LogP contribution in [0, 0.1) is 12.8 Å². The molecule has 2 aliphatic rings. The zero-order valence-corrected chi connectivity index (χ0v) is 11.7. The number of hydrogen-bond donors (Lipinski definition) is 0. The van der Waals surface area contributed by atoms with Gasteiger partial charge in [-0.25, -0.2) is 4.79 Å². The van der Waals surface area contributed by atoms with Gasteiger partial charge < -0.3 is 9.64 Å². The van der Waals surface area contributed by atoms with E-state index in [4.69, 9.17) is 4.74 Å². The molecule has 1 aromatic heterocycles. The summed E-state index contributed by atoms with van der Waals surface area (Å²) in [6.07, 6.45) is 2.78. The van der Waals surface area contributed by atoms with Crippen molar-refractivity contribution in [2.75, 3.05) is 13.2 Å². The molecule has 19 heavy (non-hydrogen) atoms. The first-order chi connectivity index (χ1) is 9.15. The molecule has 102 valence electrons. The Bertz CT molecular complexity index is 507. The predicted octanol–water partition coefficient (Wildman–Crippen LogP) is 2.22. The monoisotopic (exact) mass is 279 g/mol. The maximum atomic E-state index is 11.9. The average molecular weight is 279 g/mol. The number of nitrogens with zero attached hydrogens (tertiary/aromatic N) is 1. The van der Waals surface area contributed by atoms with Crippen LogP contribution in [0.4, 0.5) is 0 Å². The molecule has 1 aliphatic carbocycles. The molecular formula is C14H17NO3S. The molecule has 1 amide bonds. The standard InChI is InChI=1S/C14H17NO3S/c1-9-4-5-19-13(9)14(17)18-8-10-6-12(16)15(7-10)11-2-3-11/h4-5,10-11H,2-3,6-8H2,1H3. The van der Waals surface area contributed by atoms with Crippen molar-refractivity contribution in [3.8, 4) is 0 Å². The lowest BCUT2D eigenvalue weighted by Gasteiger charge is -2.15. The zero-order chi connectivity index (χ0) is 13.4. The molecule has 5 heteroatoms. The fraction of sp³-hybridized carbons (Fsp3) is 0.571. The van der Waals surface area contributed by atoms with Gasteiger partial charge >= 0.3 is 5.97 Å². The second kappa shape index (κ2) is 4.96. The Hall–Kier alpha value is -1.36. The third-order valence-corrected chi connectivity index (χ3v) is 4.72. The van der Waals surface area contributed by atoms with Crippen LogP contribution >= 0.6 is 11.3 Å². The van der Waals surface area contributed by atoms with Crippen molar-refractivity contribution >= 4 is 23.2 Å². The minimum Gasteiger partial charge on any atom is -0.461 e. The largest absolute Gasteiger partial charge is 0.461 e. The van der Waals surface area contributed by atoms with E-state index in [9.17, 15) is 9.59 Å². The maximum Gasteiger partial charge on any atom is 0.348 e. The van der Waals surface area contributed by atoms with Gasteiger partial charge in [-0.05, 0) is 36.8 Å². The van der Waals surface area contributed by atoms with E-state index in [1.54, 1.807) is 0 Å². The third kappa shape index (κ3) is 2.66. The molecule has 1 aromatic rings. The van der Waals surface area contributed by atoms with Crippen molar-refractivity contribution in [3.05, 3.63) is 21.9 Å². The third-order valence-electron chi connectivity index (χ3n) is 3.72. The van der Waals surface area contributed by atoms with E-state index in [1.807, 2.05) is 23.3 Å². The van der Waals surface area contributed by atoms with Gasteiger partial charge in [0.15, 0.2) is 0 Å². The lowest BCUT2D eigenvalue weighted by atomic mass is 10.1. The summed E-state index contributed by atoms with van der Waals surface area (Å²) in [6.45, 7) is 3.01. The van der Waals surface area contributed by atoms with E-state index in [0.29, 0.717) is 23.9 Å². The molecule has 0 N–H and O–H groups in total. The molecule has 2 heterocycles. The van der Waals surface area contributed by atoms with Crippen LogP contribution in [-0.2, 0) is 9.53 Å². The van der Waals surface area contributed by atoms with Crippen molar-refractivity contribution < 1.29 is 14.3 Å². The minimum atomic E-state index is -0.259. The van der Waals surface area contributed by atoms with Crippen molar-refractivity contribution in [3.63, 3.8) is 0 Å². The molecule has 1 aliphatic heterocycles. The van der Waals surface area contributed by atoms with Crippen LogP contribution in [0.1, 0.15) is 34.5 Å².